The molecular weight excluding hydrogens is 556 g/mol. The molecule has 43 heavy (non-hydrogen) atoms. The minimum absolute atomic E-state index is 0.0323. The number of amides is 2. The number of aryl methyl sites for hydroxylation is 1. The van der Waals surface area contributed by atoms with Crippen LogP contribution in [0.1, 0.15) is 93.2 Å². The van der Waals surface area contributed by atoms with Gasteiger partial charge in [0, 0.05) is 55.0 Å². The van der Waals surface area contributed by atoms with Crippen molar-refractivity contribution in [3.05, 3.63) is 111 Å². The number of likely N-dealkylation sites (tertiary alicyclic amines) is 1. The molecule has 2 N–H and O–H groups in total. The summed E-state index contributed by atoms with van der Waals surface area (Å²) in [5.74, 6) is 0.0873. The van der Waals surface area contributed by atoms with Crippen LogP contribution in [-0.2, 0) is 13.0 Å². The molecule has 3 aromatic heterocycles. The second-order valence-corrected chi connectivity index (χ2v) is 12.4. The number of hydrogen-bond donors (Lipinski definition) is 2. The number of nitrogens with one attached hydrogen (secondary N) is 2. The number of thiazole rings is 1. The predicted molar refractivity (Wildman–Crippen MR) is 170 cm³/mol. The van der Waals surface area contributed by atoms with Crippen molar-refractivity contribution in [3.63, 3.8) is 0 Å². The first-order valence-corrected chi connectivity index (χ1v) is 15.9. The molecule has 1 aliphatic rings. The SMILES string of the molecule is Cc1csc([C@H]2CCCN2C(=O)c2cncc(C(=O)N[C@H](CCNCc3cncc(C(C)C)c3)Cc3ccccc3)c2)n1. The van der Waals surface area contributed by atoms with E-state index in [1.165, 1.54) is 11.8 Å². The van der Waals surface area contributed by atoms with Crippen LogP contribution in [-0.4, -0.2) is 50.8 Å². The average Bonchev–Trinajstić information content (AvgIpc) is 3.68. The molecule has 0 radical (unpaired) electrons. The van der Waals surface area contributed by atoms with Gasteiger partial charge >= 0.3 is 0 Å². The number of carbonyl (C=O) groups is 2. The van der Waals surface area contributed by atoms with Crippen LogP contribution in [0, 0.1) is 6.92 Å². The molecule has 8 nitrogen and oxygen atoms in total. The summed E-state index contributed by atoms with van der Waals surface area (Å²) in [6.45, 7) is 8.41. The number of aromatic nitrogens is 3. The third kappa shape index (κ3) is 8.12. The lowest BCUT2D eigenvalue weighted by atomic mass is 10.0. The van der Waals surface area contributed by atoms with Gasteiger partial charge in [0.1, 0.15) is 5.01 Å². The largest absolute Gasteiger partial charge is 0.349 e. The van der Waals surface area contributed by atoms with Crippen molar-refractivity contribution in [2.45, 2.75) is 71.0 Å². The van der Waals surface area contributed by atoms with Crippen LogP contribution in [0.4, 0.5) is 0 Å². The van der Waals surface area contributed by atoms with Crippen LogP contribution in [0.3, 0.4) is 0 Å². The third-order valence-corrected chi connectivity index (χ3v) is 8.89. The lowest BCUT2D eigenvalue weighted by Gasteiger charge is -2.23. The molecule has 0 spiro atoms. The van der Waals surface area contributed by atoms with Crippen LogP contribution in [0.5, 0.6) is 0 Å². The van der Waals surface area contributed by atoms with Gasteiger partial charge < -0.3 is 15.5 Å². The standard InChI is InChI=1S/C34H40N6O2S/c1-23(2)27-14-26(18-36-19-27)17-35-12-11-30(15-25-8-5-4-6-9-25)39-32(41)28-16-29(21-37-20-28)34(42)40-13-7-10-31(40)33-38-24(3)22-43-33/h4-6,8-9,14,16,18-23,30-31,35H,7,10-13,15,17H2,1-3H3,(H,39,41)/t30-,31-/m1/s1. The maximum Gasteiger partial charge on any atom is 0.256 e. The summed E-state index contributed by atoms with van der Waals surface area (Å²) < 4.78 is 0. The predicted octanol–water partition coefficient (Wildman–Crippen LogP) is 5.86. The minimum Gasteiger partial charge on any atom is -0.349 e. The lowest BCUT2D eigenvalue weighted by molar-refractivity contribution is 0.0735. The molecule has 1 aliphatic heterocycles. The van der Waals surface area contributed by atoms with Crippen molar-refractivity contribution < 1.29 is 9.59 Å². The highest BCUT2D eigenvalue weighted by molar-refractivity contribution is 7.09. The Morgan fingerprint density at radius 3 is 2.58 bits per heavy atom. The Morgan fingerprint density at radius 1 is 1.02 bits per heavy atom. The van der Waals surface area contributed by atoms with E-state index in [2.05, 4.69) is 57.6 Å². The van der Waals surface area contributed by atoms with Gasteiger partial charge in [-0.05, 0) is 67.8 Å². The van der Waals surface area contributed by atoms with E-state index in [1.54, 1.807) is 23.6 Å². The molecule has 4 aromatic rings. The van der Waals surface area contributed by atoms with Gasteiger partial charge in [-0.15, -0.1) is 11.3 Å². The zero-order valence-corrected chi connectivity index (χ0v) is 25.9. The normalized spacial score (nSPS) is 15.5. The summed E-state index contributed by atoms with van der Waals surface area (Å²) in [4.78, 5) is 42.2. The van der Waals surface area contributed by atoms with Crippen LogP contribution < -0.4 is 10.6 Å². The second kappa shape index (κ2) is 14.5. The van der Waals surface area contributed by atoms with Crippen molar-refractivity contribution >= 4 is 23.2 Å². The molecule has 0 saturated carbocycles. The maximum atomic E-state index is 13.5. The molecule has 2 amide bonds. The maximum absolute atomic E-state index is 13.5. The van der Waals surface area contributed by atoms with Gasteiger partial charge in [0.15, 0.2) is 0 Å². The Bertz CT molecular complexity index is 1520. The van der Waals surface area contributed by atoms with E-state index in [0.717, 1.165) is 47.6 Å². The summed E-state index contributed by atoms with van der Waals surface area (Å²) >= 11 is 1.59. The fourth-order valence-corrected chi connectivity index (χ4v) is 6.40. The van der Waals surface area contributed by atoms with E-state index in [0.29, 0.717) is 36.6 Å². The molecule has 0 aliphatic carbocycles. The van der Waals surface area contributed by atoms with E-state index in [-0.39, 0.29) is 23.9 Å². The van der Waals surface area contributed by atoms with Crippen molar-refractivity contribution in [2.24, 2.45) is 0 Å². The van der Waals surface area contributed by atoms with Crippen molar-refractivity contribution in [2.75, 3.05) is 13.1 Å². The Labute approximate surface area is 258 Å². The van der Waals surface area contributed by atoms with Gasteiger partial charge in [-0.1, -0.05) is 50.2 Å². The van der Waals surface area contributed by atoms with Gasteiger partial charge in [-0.3, -0.25) is 19.6 Å². The number of hydrogen-bond acceptors (Lipinski definition) is 7. The first-order chi connectivity index (χ1) is 20.9. The number of pyridine rings is 2. The van der Waals surface area contributed by atoms with Crippen LogP contribution >= 0.6 is 11.3 Å². The summed E-state index contributed by atoms with van der Waals surface area (Å²) in [5.41, 5.74) is 5.30. The van der Waals surface area contributed by atoms with Crippen LogP contribution in [0.2, 0.25) is 0 Å². The van der Waals surface area contributed by atoms with Gasteiger partial charge in [-0.25, -0.2) is 4.98 Å². The molecule has 0 bridgehead atoms. The molecule has 224 valence electrons. The first kappa shape index (κ1) is 30.5. The molecule has 9 heteroatoms. The zero-order valence-electron chi connectivity index (χ0n) is 25.1. The van der Waals surface area contributed by atoms with Gasteiger partial charge in [-0.2, -0.15) is 0 Å². The zero-order chi connectivity index (χ0) is 30.2. The number of carbonyl (C=O) groups excluding carboxylic acids is 2. The van der Waals surface area contributed by atoms with E-state index in [1.807, 2.05) is 47.8 Å². The Morgan fingerprint density at radius 2 is 1.81 bits per heavy atom. The molecule has 1 saturated heterocycles. The minimum atomic E-state index is -0.231. The molecular formula is C34H40N6O2S. The molecule has 4 heterocycles. The van der Waals surface area contributed by atoms with Crippen molar-refractivity contribution in [3.8, 4) is 0 Å². The lowest BCUT2D eigenvalue weighted by Crippen LogP contribution is -2.39. The Kier molecular flexibility index (Phi) is 10.3. The topological polar surface area (TPSA) is 100 Å². The van der Waals surface area contributed by atoms with Crippen molar-refractivity contribution in [1.82, 2.24) is 30.5 Å². The van der Waals surface area contributed by atoms with Gasteiger partial charge in [0.2, 0.25) is 0 Å². The molecule has 2 atom stereocenters. The molecule has 1 aromatic carbocycles. The summed E-state index contributed by atoms with van der Waals surface area (Å²) in [6, 6.07) is 13.9. The van der Waals surface area contributed by atoms with E-state index < -0.39 is 0 Å². The number of benzene rings is 1. The Balaban J connectivity index is 1.23. The van der Waals surface area contributed by atoms with Gasteiger partial charge in [0.25, 0.3) is 11.8 Å². The van der Waals surface area contributed by atoms with Gasteiger partial charge in [0.05, 0.1) is 17.2 Å². The first-order valence-electron chi connectivity index (χ1n) is 15.0. The monoisotopic (exact) mass is 596 g/mol. The quantitative estimate of drug-likeness (QED) is 0.199. The fourth-order valence-electron chi connectivity index (χ4n) is 5.46. The van der Waals surface area contributed by atoms with Crippen LogP contribution in [0.15, 0.2) is 72.6 Å². The van der Waals surface area contributed by atoms with E-state index in [9.17, 15) is 9.59 Å². The summed E-state index contributed by atoms with van der Waals surface area (Å²) in [7, 11) is 0. The van der Waals surface area contributed by atoms with E-state index in [4.69, 9.17) is 0 Å². The summed E-state index contributed by atoms with van der Waals surface area (Å²) in [6.07, 6.45) is 10.2. The van der Waals surface area contributed by atoms with E-state index >= 15 is 0 Å². The highest BCUT2D eigenvalue weighted by atomic mass is 32.1. The smallest absolute Gasteiger partial charge is 0.256 e. The number of rotatable bonds is 12. The highest BCUT2D eigenvalue weighted by Crippen LogP contribution is 2.34. The summed E-state index contributed by atoms with van der Waals surface area (Å²) in [5, 5.41) is 9.71. The molecule has 5 rings (SSSR count). The second-order valence-electron chi connectivity index (χ2n) is 11.6. The average molecular weight is 597 g/mol. The molecule has 0 unspecified atom stereocenters. The fraction of sp³-hybridized carbons (Fsp3) is 0.382. The third-order valence-electron chi connectivity index (χ3n) is 7.82. The Hall–Kier alpha value is -3.95. The van der Waals surface area contributed by atoms with Crippen LogP contribution in [0.25, 0.3) is 0 Å². The van der Waals surface area contributed by atoms with Crippen molar-refractivity contribution in [1.29, 1.82) is 0 Å². The highest BCUT2D eigenvalue weighted by Gasteiger charge is 2.33. The number of nitrogens with zero attached hydrogens (tertiary/aromatic N) is 4. The molecule has 1 fully saturated rings.